The number of rotatable bonds is 5. The van der Waals surface area contributed by atoms with E-state index in [1.165, 1.54) is 0 Å². The van der Waals surface area contributed by atoms with Gasteiger partial charge in [0.05, 0.1) is 19.8 Å². The fraction of sp³-hybridized carbons (Fsp3) is 0.688. The lowest BCUT2D eigenvalue weighted by atomic mass is 10.2. The molecule has 130 valence electrons. The maximum atomic E-state index is 9.64. The van der Waals surface area contributed by atoms with E-state index in [2.05, 4.69) is 26.2 Å². The van der Waals surface area contributed by atoms with Crippen molar-refractivity contribution in [2.45, 2.75) is 13.3 Å². The molecule has 8 nitrogen and oxygen atoms in total. The topological polar surface area (TPSA) is 86.5 Å². The molecule has 0 bridgehead atoms. The van der Waals surface area contributed by atoms with Crippen LogP contribution >= 0.6 is 0 Å². The standard InChI is InChI=1S/C16H24N6O2/c1-2-9-24-15-13(12-17)14(21-7-10-23-11-8-21)19-16(20-15)22-5-3-18-4-6-22/h18H,2-11H2,1H3. The molecule has 0 aromatic carbocycles. The molecule has 3 rings (SSSR count). The molecular weight excluding hydrogens is 308 g/mol. The molecule has 0 spiro atoms. The summed E-state index contributed by atoms with van der Waals surface area (Å²) in [5.41, 5.74) is 0.421. The van der Waals surface area contributed by atoms with Crippen LogP contribution in [0.25, 0.3) is 0 Å². The summed E-state index contributed by atoms with van der Waals surface area (Å²) in [4.78, 5) is 13.5. The molecule has 0 radical (unpaired) electrons. The second-order valence-electron chi connectivity index (χ2n) is 5.82. The molecule has 0 aliphatic carbocycles. The second-order valence-corrected chi connectivity index (χ2v) is 5.82. The van der Waals surface area contributed by atoms with E-state index in [1.807, 2.05) is 6.92 Å². The van der Waals surface area contributed by atoms with Gasteiger partial charge in [0.2, 0.25) is 11.8 Å². The highest BCUT2D eigenvalue weighted by atomic mass is 16.5. The van der Waals surface area contributed by atoms with Crippen LogP contribution in [0.1, 0.15) is 18.9 Å². The Kier molecular flexibility index (Phi) is 5.67. The second kappa shape index (κ2) is 8.13. The predicted molar refractivity (Wildman–Crippen MR) is 90.6 cm³/mol. The molecule has 2 aliphatic rings. The quantitative estimate of drug-likeness (QED) is 0.828. The van der Waals surface area contributed by atoms with E-state index in [0.717, 1.165) is 45.7 Å². The molecule has 2 aliphatic heterocycles. The summed E-state index contributed by atoms with van der Waals surface area (Å²) in [7, 11) is 0. The number of morpholine rings is 1. The van der Waals surface area contributed by atoms with Gasteiger partial charge in [-0.15, -0.1) is 0 Å². The van der Waals surface area contributed by atoms with Gasteiger partial charge in [0.1, 0.15) is 6.07 Å². The molecule has 1 aromatic heterocycles. The van der Waals surface area contributed by atoms with Crippen LogP contribution in [0.15, 0.2) is 0 Å². The van der Waals surface area contributed by atoms with Crippen molar-refractivity contribution in [3.05, 3.63) is 5.56 Å². The van der Waals surface area contributed by atoms with Crippen molar-refractivity contribution in [1.82, 2.24) is 15.3 Å². The van der Waals surface area contributed by atoms with Gasteiger partial charge in [0, 0.05) is 39.3 Å². The minimum Gasteiger partial charge on any atom is -0.477 e. The maximum Gasteiger partial charge on any atom is 0.238 e. The lowest BCUT2D eigenvalue weighted by Crippen LogP contribution is -2.44. The van der Waals surface area contributed by atoms with Gasteiger partial charge >= 0.3 is 0 Å². The van der Waals surface area contributed by atoms with Crippen molar-refractivity contribution in [3.8, 4) is 11.9 Å². The van der Waals surface area contributed by atoms with Crippen LogP contribution in [0.2, 0.25) is 0 Å². The monoisotopic (exact) mass is 332 g/mol. The normalized spacial score (nSPS) is 18.3. The number of nitrogens with zero attached hydrogens (tertiary/aromatic N) is 5. The molecule has 24 heavy (non-hydrogen) atoms. The smallest absolute Gasteiger partial charge is 0.238 e. The zero-order valence-corrected chi connectivity index (χ0v) is 14.1. The highest BCUT2D eigenvalue weighted by molar-refractivity contribution is 5.61. The number of hydrogen-bond acceptors (Lipinski definition) is 8. The van der Waals surface area contributed by atoms with Gasteiger partial charge in [0.25, 0.3) is 0 Å². The Balaban J connectivity index is 1.97. The molecule has 8 heteroatoms. The summed E-state index contributed by atoms with van der Waals surface area (Å²) in [6, 6.07) is 2.24. The Bertz CT molecular complexity index is 591. The maximum absolute atomic E-state index is 9.64. The first-order valence-corrected chi connectivity index (χ1v) is 8.56. The lowest BCUT2D eigenvalue weighted by Gasteiger charge is -2.31. The molecule has 0 unspecified atom stereocenters. The number of hydrogen-bond donors (Lipinski definition) is 1. The van der Waals surface area contributed by atoms with Crippen molar-refractivity contribution in [3.63, 3.8) is 0 Å². The number of aromatic nitrogens is 2. The Labute approximate surface area is 142 Å². The fourth-order valence-corrected chi connectivity index (χ4v) is 2.83. The SMILES string of the molecule is CCCOc1nc(N2CCNCC2)nc(N2CCOCC2)c1C#N. The summed E-state index contributed by atoms with van der Waals surface area (Å²) in [5, 5.41) is 13.0. The van der Waals surface area contributed by atoms with Crippen molar-refractivity contribution >= 4 is 11.8 Å². The van der Waals surface area contributed by atoms with E-state index in [-0.39, 0.29) is 0 Å². The average molecular weight is 332 g/mol. The number of piperazine rings is 1. The van der Waals surface area contributed by atoms with Crippen LogP contribution in [-0.2, 0) is 4.74 Å². The molecule has 1 N–H and O–H groups in total. The van der Waals surface area contributed by atoms with Crippen LogP contribution < -0.4 is 19.9 Å². The highest BCUT2D eigenvalue weighted by Gasteiger charge is 2.24. The van der Waals surface area contributed by atoms with E-state index in [4.69, 9.17) is 14.5 Å². The van der Waals surface area contributed by atoms with Gasteiger partial charge in [-0.1, -0.05) is 6.92 Å². The van der Waals surface area contributed by atoms with E-state index >= 15 is 0 Å². The minimum absolute atomic E-state index is 0.393. The van der Waals surface area contributed by atoms with Gasteiger partial charge in [-0.25, -0.2) is 0 Å². The first-order valence-electron chi connectivity index (χ1n) is 8.56. The summed E-state index contributed by atoms with van der Waals surface area (Å²) >= 11 is 0. The summed E-state index contributed by atoms with van der Waals surface area (Å²) in [5.74, 6) is 1.70. The van der Waals surface area contributed by atoms with E-state index < -0.39 is 0 Å². The molecule has 0 amide bonds. The predicted octanol–water partition coefficient (Wildman–Crippen LogP) is 0.383. The van der Waals surface area contributed by atoms with Gasteiger partial charge in [0.15, 0.2) is 11.4 Å². The lowest BCUT2D eigenvalue weighted by molar-refractivity contribution is 0.122. The van der Waals surface area contributed by atoms with Crippen molar-refractivity contribution < 1.29 is 9.47 Å². The highest BCUT2D eigenvalue weighted by Crippen LogP contribution is 2.29. The number of nitrogens with one attached hydrogen (secondary N) is 1. The summed E-state index contributed by atoms with van der Waals surface area (Å²) in [6.07, 6.45) is 0.866. The zero-order valence-electron chi connectivity index (χ0n) is 14.1. The molecule has 1 aromatic rings. The van der Waals surface area contributed by atoms with Gasteiger partial charge in [-0.3, -0.25) is 0 Å². The van der Waals surface area contributed by atoms with Crippen LogP contribution in [-0.4, -0.2) is 69.1 Å². The number of anilines is 2. The Morgan fingerprint density at radius 1 is 1.17 bits per heavy atom. The number of ether oxygens (including phenoxy) is 2. The Morgan fingerprint density at radius 2 is 1.92 bits per heavy atom. The summed E-state index contributed by atoms with van der Waals surface area (Å²) in [6.45, 7) is 8.81. The third-order valence-corrected chi connectivity index (χ3v) is 4.11. The van der Waals surface area contributed by atoms with Crippen molar-refractivity contribution in [2.75, 3.05) is 68.9 Å². The van der Waals surface area contributed by atoms with Crippen LogP contribution in [0.3, 0.4) is 0 Å². The molecule has 0 atom stereocenters. The molecule has 0 saturated carbocycles. The van der Waals surface area contributed by atoms with E-state index in [9.17, 15) is 5.26 Å². The number of nitriles is 1. The van der Waals surface area contributed by atoms with Crippen LogP contribution in [0, 0.1) is 11.3 Å². The zero-order chi connectivity index (χ0) is 16.8. The average Bonchev–Trinajstić information content (AvgIpc) is 2.67. The molecule has 3 heterocycles. The molecule has 2 fully saturated rings. The minimum atomic E-state index is 0.393. The largest absolute Gasteiger partial charge is 0.477 e. The first-order chi connectivity index (χ1) is 11.8. The Hall–Kier alpha value is -2.11. The van der Waals surface area contributed by atoms with Gasteiger partial charge in [-0.05, 0) is 6.42 Å². The van der Waals surface area contributed by atoms with E-state index in [0.29, 0.717) is 43.0 Å². The van der Waals surface area contributed by atoms with Crippen LogP contribution in [0.4, 0.5) is 11.8 Å². The van der Waals surface area contributed by atoms with Crippen molar-refractivity contribution in [1.29, 1.82) is 5.26 Å². The van der Waals surface area contributed by atoms with Gasteiger partial charge < -0.3 is 24.6 Å². The molecular formula is C16H24N6O2. The summed E-state index contributed by atoms with van der Waals surface area (Å²) < 4.78 is 11.2. The van der Waals surface area contributed by atoms with Crippen molar-refractivity contribution in [2.24, 2.45) is 0 Å². The third-order valence-electron chi connectivity index (χ3n) is 4.11. The first kappa shape index (κ1) is 16.7. The Morgan fingerprint density at radius 3 is 2.58 bits per heavy atom. The fourth-order valence-electron chi connectivity index (χ4n) is 2.83. The van der Waals surface area contributed by atoms with Gasteiger partial charge in [-0.2, -0.15) is 15.2 Å². The molecule has 2 saturated heterocycles. The van der Waals surface area contributed by atoms with Crippen LogP contribution in [0.5, 0.6) is 5.88 Å². The third kappa shape index (κ3) is 3.68. The van der Waals surface area contributed by atoms with E-state index in [1.54, 1.807) is 0 Å².